The average molecular weight is 327 g/mol. The van der Waals surface area contributed by atoms with Crippen LogP contribution in [0.5, 0.6) is 0 Å². The summed E-state index contributed by atoms with van der Waals surface area (Å²) >= 11 is 3.17. The Kier molecular flexibility index (Phi) is 5.10. The molecule has 0 unspecified atom stereocenters. The van der Waals surface area contributed by atoms with Gasteiger partial charge in [-0.05, 0) is 37.6 Å². The highest BCUT2D eigenvalue weighted by Crippen LogP contribution is 2.15. The van der Waals surface area contributed by atoms with E-state index in [-0.39, 0.29) is 11.5 Å². The number of benzene rings is 1. The van der Waals surface area contributed by atoms with Crippen molar-refractivity contribution in [1.29, 1.82) is 0 Å². The Morgan fingerprint density at radius 3 is 3.00 bits per heavy atom. The highest BCUT2D eigenvalue weighted by molar-refractivity contribution is 9.10. The van der Waals surface area contributed by atoms with Gasteiger partial charge in [0.05, 0.1) is 5.56 Å². The first-order valence-corrected chi connectivity index (χ1v) is 7.08. The van der Waals surface area contributed by atoms with Crippen molar-refractivity contribution in [3.63, 3.8) is 0 Å². The molecule has 1 aromatic rings. The van der Waals surface area contributed by atoms with Crippen molar-refractivity contribution in [2.24, 2.45) is 0 Å². The molecule has 5 heteroatoms. The van der Waals surface area contributed by atoms with E-state index < -0.39 is 5.82 Å². The second kappa shape index (κ2) is 6.82. The van der Waals surface area contributed by atoms with E-state index in [2.05, 4.69) is 32.6 Å². The quantitative estimate of drug-likeness (QED) is 0.835. The first-order valence-electron chi connectivity index (χ1n) is 6.28. The lowest BCUT2D eigenvalue weighted by Crippen LogP contribution is -2.27. The van der Waals surface area contributed by atoms with Gasteiger partial charge >= 0.3 is 0 Å². The normalized spacial score (nSPS) is 14.9. The molecule has 0 atom stereocenters. The van der Waals surface area contributed by atoms with E-state index in [1.54, 1.807) is 6.07 Å². The van der Waals surface area contributed by atoms with Gasteiger partial charge < -0.3 is 10.6 Å². The Hall–Kier alpha value is -1.20. The third-order valence-corrected chi connectivity index (χ3v) is 3.56. The maximum atomic E-state index is 13.6. The summed E-state index contributed by atoms with van der Waals surface area (Å²) in [6, 6.07) is 4.44. The number of carbonyl (C=O) groups is 1. The fraction of sp³-hybridized carbons (Fsp3) is 0.357. The fourth-order valence-electron chi connectivity index (χ4n) is 2.00. The standard InChI is InChI=1S/C14H16BrFN2O/c15-11-1-2-12(13(16)9-11)14(19)18-8-5-10-3-6-17-7-4-10/h1-3,9,17H,4-8H2,(H,18,19). The average Bonchev–Trinajstić information content (AvgIpc) is 2.39. The molecule has 0 fully saturated rings. The Morgan fingerprint density at radius 1 is 1.47 bits per heavy atom. The molecule has 1 heterocycles. The van der Waals surface area contributed by atoms with Crippen molar-refractivity contribution in [2.45, 2.75) is 12.8 Å². The zero-order valence-corrected chi connectivity index (χ0v) is 12.1. The number of hydrogen-bond donors (Lipinski definition) is 2. The molecule has 0 spiro atoms. The third-order valence-electron chi connectivity index (χ3n) is 3.07. The summed E-state index contributed by atoms with van der Waals surface area (Å²) in [6.07, 6.45) is 3.99. The van der Waals surface area contributed by atoms with Crippen molar-refractivity contribution < 1.29 is 9.18 Å². The van der Waals surface area contributed by atoms with Crippen LogP contribution in [0.3, 0.4) is 0 Å². The van der Waals surface area contributed by atoms with Crippen LogP contribution in [0.15, 0.2) is 34.3 Å². The van der Waals surface area contributed by atoms with Crippen molar-refractivity contribution >= 4 is 21.8 Å². The van der Waals surface area contributed by atoms with Gasteiger partial charge in [0, 0.05) is 17.6 Å². The Morgan fingerprint density at radius 2 is 2.32 bits per heavy atom. The van der Waals surface area contributed by atoms with Gasteiger partial charge in [-0.1, -0.05) is 27.6 Å². The lowest BCUT2D eigenvalue weighted by Gasteiger charge is -2.14. The molecule has 0 aromatic heterocycles. The number of carbonyl (C=O) groups excluding carboxylic acids is 1. The maximum absolute atomic E-state index is 13.6. The van der Waals surface area contributed by atoms with Gasteiger partial charge in [-0.15, -0.1) is 0 Å². The molecule has 19 heavy (non-hydrogen) atoms. The summed E-state index contributed by atoms with van der Waals surface area (Å²) in [7, 11) is 0. The van der Waals surface area contributed by atoms with E-state index in [0.717, 1.165) is 25.9 Å². The van der Waals surface area contributed by atoms with Crippen LogP contribution in [0.4, 0.5) is 4.39 Å². The summed E-state index contributed by atoms with van der Waals surface area (Å²) in [5.41, 5.74) is 1.43. The molecule has 102 valence electrons. The molecule has 1 aliphatic rings. The van der Waals surface area contributed by atoms with Gasteiger partial charge in [-0.25, -0.2) is 4.39 Å². The zero-order chi connectivity index (χ0) is 13.7. The first kappa shape index (κ1) is 14.2. The largest absolute Gasteiger partial charge is 0.352 e. The van der Waals surface area contributed by atoms with E-state index in [4.69, 9.17) is 0 Å². The van der Waals surface area contributed by atoms with Crippen LogP contribution in [0.2, 0.25) is 0 Å². The minimum Gasteiger partial charge on any atom is -0.352 e. The predicted octanol–water partition coefficient (Wildman–Crippen LogP) is 2.63. The monoisotopic (exact) mass is 326 g/mol. The molecule has 0 saturated carbocycles. The van der Waals surface area contributed by atoms with Crippen molar-refractivity contribution in [3.8, 4) is 0 Å². The Balaban J connectivity index is 1.85. The summed E-state index contributed by atoms with van der Waals surface area (Å²) in [5.74, 6) is -0.868. The number of rotatable bonds is 4. The molecular formula is C14H16BrFN2O. The summed E-state index contributed by atoms with van der Waals surface area (Å²) in [5, 5.41) is 5.99. The second-order valence-electron chi connectivity index (χ2n) is 4.45. The Bertz CT molecular complexity index is 502. The lowest BCUT2D eigenvalue weighted by atomic mass is 10.1. The molecule has 0 saturated heterocycles. The summed E-state index contributed by atoms with van der Waals surface area (Å²) in [6.45, 7) is 2.42. The van der Waals surface area contributed by atoms with E-state index in [1.165, 1.54) is 17.7 Å². The molecule has 0 radical (unpaired) electrons. The molecule has 1 aliphatic heterocycles. The maximum Gasteiger partial charge on any atom is 0.254 e. The summed E-state index contributed by atoms with van der Waals surface area (Å²) in [4.78, 5) is 11.8. The van der Waals surface area contributed by atoms with Gasteiger partial charge in [0.25, 0.3) is 5.91 Å². The van der Waals surface area contributed by atoms with Gasteiger partial charge in [0.2, 0.25) is 0 Å². The first-order chi connectivity index (χ1) is 9.16. The van der Waals surface area contributed by atoms with Gasteiger partial charge in [-0.3, -0.25) is 4.79 Å². The number of hydrogen-bond acceptors (Lipinski definition) is 2. The minimum absolute atomic E-state index is 0.0856. The van der Waals surface area contributed by atoms with Crippen LogP contribution in [0, 0.1) is 5.82 Å². The smallest absolute Gasteiger partial charge is 0.254 e. The molecule has 0 bridgehead atoms. The number of nitrogens with one attached hydrogen (secondary N) is 2. The van der Waals surface area contributed by atoms with Crippen molar-refractivity contribution in [3.05, 3.63) is 45.7 Å². The van der Waals surface area contributed by atoms with Crippen LogP contribution in [0.25, 0.3) is 0 Å². The minimum atomic E-state index is -0.507. The van der Waals surface area contributed by atoms with E-state index in [0.29, 0.717) is 11.0 Å². The van der Waals surface area contributed by atoms with Gasteiger partial charge in [-0.2, -0.15) is 0 Å². The van der Waals surface area contributed by atoms with Gasteiger partial charge in [0.1, 0.15) is 5.82 Å². The highest BCUT2D eigenvalue weighted by Gasteiger charge is 2.11. The third kappa shape index (κ3) is 4.14. The molecular weight excluding hydrogens is 311 g/mol. The second-order valence-corrected chi connectivity index (χ2v) is 5.36. The van der Waals surface area contributed by atoms with Crippen LogP contribution >= 0.6 is 15.9 Å². The zero-order valence-electron chi connectivity index (χ0n) is 10.5. The van der Waals surface area contributed by atoms with E-state index >= 15 is 0 Å². The van der Waals surface area contributed by atoms with Crippen LogP contribution in [-0.4, -0.2) is 25.5 Å². The van der Waals surface area contributed by atoms with E-state index in [1.807, 2.05) is 0 Å². The van der Waals surface area contributed by atoms with Crippen molar-refractivity contribution in [1.82, 2.24) is 10.6 Å². The van der Waals surface area contributed by atoms with Crippen LogP contribution < -0.4 is 10.6 Å². The number of amides is 1. The Labute approximate surface area is 120 Å². The topological polar surface area (TPSA) is 41.1 Å². The molecule has 2 N–H and O–H groups in total. The number of halogens is 2. The summed E-state index contributed by atoms with van der Waals surface area (Å²) < 4.78 is 14.2. The molecule has 0 aliphatic carbocycles. The molecule has 1 amide bonds. The SMILES string of the molecule is O=C(NCCC1=CCNCC1)c1ccc(Br)cc1F. The fourth-order valence-corrected chi connectivity index (χ4v) is 2.34. The lowest BCUT2D eigenvalue weighted by molar-refractivity contribution is 0.0950. The molecule has 1 aromatic carbocycles. The van der Waals surface area contributed by atoms with Crippen molar-refractivity contribution in [2.75, 3.05) is 19.6 Å². The highest BCUT2D eigenvalue weighted by atomic mass is 79.9. The van der Waals surface area contributed by atoms with Crippen LogP contribution in [-0.2, 0) is 0 Å². The van der Waals surface area contributed by atoms with Crippen LogP contribution in [0.1, 0.15) is 23.2 Å². The predicted molar refractivity (Wildman–Crippen MR) is 76.6 cm³/mol. The molecule has 3 nitrogen and oxygen atoms in total. The van der Waals surface area contributed by atoms with Gasteiger partial charge in [0.15, 0.2) is 0 Å². The van der Waals surface area contributed by atoms with E-state index in [9.17, 15) is 9.18 Å². The molecule has 2 rings (SSSR count).